The van der Waals surface area contributed by atoms with Gasteiger partial charge in [0.05, 0.1) is 17.9 Å². The van der Waals surface area contributed by atoms with Gasteiger partial charge in [-0.15, -0.1) is 11.3 Å². The van der Waals surface area contributed by atoms with Crippen molar-refractivity contribution in [3.05, 3.63) is 64.0 Å². The first-order valence-electron chi connectivity index (χ1n) is 9.77. The summed E-state index contributed by atoms with van der Waals surface area (Å²) >= 11 is 1.44. The maximum absolute atomic E-state index is 10.1. The molecule has 3 aromatic rings. The largest absolute Gasteiger partial charge is 0.504 e. The summed E-state index contributed by atoms with van der Waals surface area (Å²) in [5, 5.41) is 22.3. The first-order chi connectivity index (χ1) is 14.1. The highest BCUT2D eigenvalue weighted by Gasteiger charge is 2.10. The molecular formula is C24H24N2O2S. The zero-order valence-electron chi connectivity index (χ0n) is 16.7. The molecule has 0 bridgehead atoms. The Labute approximate surface area is 175 Å². The van der Waals surface area contributed by atoms with Crippen molar-refractivity contribution in [3.63, 3.8) is 0 Å². The van der Waals surface area contributed by atoms with Crippen LogP contribution in [0.3, 0.4) is 0 Å². The maximum Gasteiger partial charge on any atom is 0.160 e. The van der Waals surface area contributed by atoms with Crippen LogP contribution >= 0.6 is 11.3 Å². The van der Waals surface area contributed by atoms with E-state index in [0.717, 1.165) is 23.2 Å². The van der Waals surface area contributed by atoms with Gasteiger partial charge in [-0.2, -0.15) is 5.26 Å². The molecule has 0 saturated carbocycles. The molecule has 0 fully saturated rings. The van der Waals surface area contributed by atoms with Crippen LogP contribution < -0.4 is 4.74 Å². The fraction of sp³-hybridized carbons (Fsp3) is 0.250. The number of phenols is 1. The summed E-state index contributed by atoms with van der Waals surface area (Å²) in [7, 11) is 0. The summed E-state index contributed by atoms with van der Waals surface area (Å²) in [5.74, 6) is 0.489. The minimum atomic E-state index is 0.0564. The third kappa shape index (κ3) is 5.24. The first kappa shape index (κ1) is 20.6. The van der Waals surface area contributed by atoms with Gasteiger partial charge in [0, 0.05) is 10.9 Å². The minimum absolute atomic E-state index is 0.0564. The fourth-order valence-electron chi connectivity index (χ4n) is 2.96. The van der Waals surface area contributed by atoms with E-state index in [1.807, 2.05) is 18.4 Å². The lowest BCUT2D eigenvalue weighted by Gasteiger charge is -2.06. The highest BCUT2D eigenvalue weighted by Crippen LogP contribution is 2.30. The van der Waals surface area contributed by atoms with Gasteiger partial charge in [0.1, 0.15) is 11.1 Å². The molecule has 0 aliphatic carbocycles. The topological polar surface area (TPSA) is 66.1 Å². The lowest BCUT2D eigenvalue weighted by atomic mass is 10.1. The van der Waals surface area contributed by atoms with Crippen LogP contribution in [-0.2, 0) is 6.42 Å². The van der Waals surface area contributed by atoms with Crippen LogP contribution in [0.25, 0.3) is 22.9 Å². The molecule has 0 amide bonds. The number of ether oxygens (including phenoxy) is 1. The van der Waals surface area contributed by atoms with Gasteiger partial charge in [-0.05, 0) is 49.1 Å². The van der Waals surface area contributed by atoms with Gasteiger partial charge in [0.15, 0.2) is 11.5 Å². The van der Waals surface area contributed by atoms with Crippen molar-refractivity contribution in [2.24, 2.45) is 0 Å². The summed E-state index contributed by atoms with van der Waals surface area (Å²) in [6, 6.07) is 15.8. The van der Waals surface area contributed by atoms with Crippen LogP contribution in [0.4, 0.5) is 0 Å². The van der Waals surface area contributed by atoms with Crippen molar-refractivity contribution in [2.75, 3.05) is 6.61 Å². The predicted molar refractivity (Wildman–Crippen MR) is 119 cm³/mol. The molecule has 0 aliphatic rings. The first-order valence-corrected chi connectivity index (χ1v) is 10.6. The zero-order chi connectivity index (χ0) is 20.6. The molecule has 2 aromatic carbocycles. The smallest absolute Gasteiger partial charge is 0.160 e. The van der Waals surface area contributed by atoms with E-state index in [-0.39, 0.29) is 5.75 Å². The average Bonchev–Trinajstić information content (AvgIpc) is 3.23. The summed E-state index contributed by atoms with van der Waals surface area (Å²) in [6.07, 6.45) is 5.20. The Morgan fingerprint density at radius 1 is 1.21 bits per heavy atom. The van der Waals surface area contributed by atoms with E-state index in [4.69, 9.17) is 4.74 Å². The quantitative estimate of drug-likeness (QED) is 0.446. The molecule has 0 spiro atoms. The van der Waals surface area contributed by atoms with Crippen molar-refractivity contribution < 1.29 is 9.84 Å². The second kappa shape index (κ2) is 9.90. The molecule has 1 aromatic heterocycles. The number of aromatic hydroxyl groups is 1. The number of benzene rings is 2. The second-order valence-corrected chi connectivity index (χ2v) is 7.53. The van der Waals surface area contributed by atoms with E-state index in [9.17, 15) is 10.4 Å². The summed E-state index contributed by atoms with van der Waals surface area (Å²) < 4.78 is 5.34. The standard InChI is InChI=1S/C24H24N2O2S/c1-3-5-6-17-7-10-19(11-8-17)21-16-29-24(26-21)20(15-25)13-18-9-12-23(28-4-2)22(27)14-18/h7-14,16,27H,3-6H2,1-2H3/b20-13-. The maximum atomic E-state index is 10.1. The SMILES string of the molecule is CCCCc1ccc(-c2csc(/C(C#N)=C\c3ccc(OCC)c(O)c3)n2)cc1. The normalized spacial score (nSPS) is 11.3. The Bertz CT molecular complexity index is 1030. The molecule has 3 rings (SSSR count). The number of phenolic OH excluding ortho intramolecular Hbond substituents is 1. The molecule has 1 N–H and O–H groups in total. The third-order valence-electron chi connectivity index (χ3n) is 4.52. The Kier molecular flexibility index (Phi) is 7.04. The van der Waals surface area contributed by atoms with Crippen molar-refractivity contribution >= 4 is 23.0 Å². The molecule has 5 heteroatoms. The highest BCUT2D eigenvalue weighted by molar-refractivity contribution is 7.11. The Morgan fingerprint density at radius 2 is 2.00 bits per heavy atom. The van der Waals surface area contributed by atoms with Gasteiger partial charge in [0.2, 0.25) is 0 Å². The number of rotatable bonds is 8. The van der Waals surface area contributed by atoms with Crippen molar-refractivity contribution in [1.29, 1.82) is 5.26 Å². The molecule has 0 unspecified atom stereocenters. The lowest BCUT2D eigenvalue weighted by molar-refractivity contribution is 0.318. The predicted octanol–water partition coefficient (Wildman–Crippen LogP) is 6.32. The monoisotopic (exact) mass is 404 g/mol. The van der Waals surface area contributed by atoms with E-state index in [2.05, 4.69) is 42.2 Å². The summed E-state index contributed by atoms with van der Waals surface area (Å²) in [5.41, 5.74) is 4.43. The number of nitriles is 1. The minimum Gasteiger partial charge on any atom is -0.504 e. The number of aryl methyl sites for hydroxylation is 1. The van der Waals surface area contributed by atoms with Crippen LogP contribution in [0.5, 0.6) is 11.5 Å². The molecule has 0 aliphatic heterocycles. The van der Waals surface area contributed by atoms with Crippen molar-refractivity contribution in [2.45, 2.75) is 33.1 Å². The van der Waals surface area contributed by atoms with E-state index < -0.39 is 0 Å². The molecule has 0 saturated heterocycles. The van der Waals surface area contributed by atoms with Crippen LogP contribution in [0.15, 0.2) is 47.8 Å². The molecule has 0 radical (unpaired) electrons. The fourth-order valence-corrected chi connectivity index (χ4v) is 3.76. The highest BCUT2D eigenvalue weighted by atomic mass is 32.1. The molecule has 148 valence electrons. The van der Waals surface area contributed by atoms with E-state index in [1.54, 1.807) is 18.2 Å². The number of unbranched alkanes of at least 4 members (excludes halogenated alkanes) is 1. The average molecular weight is 405 g/mol. The number of hydrogen-bond acceptors (Lipinski definition) is 5. The molecule has 29 heavy (non-hydrogen) atoms. The Morgan fingerprint density at radius 3 is 2.66 bits per heavy atom. The molecule has 1 heterocycles. The van der Waals surface area contributed by atoms with Gasteiger partial charge in [-0.3, -0.25) is 0 Å². The van der Waals surface area contributed by atoms with Crippen LogP contribution in [0, 0.1) is 11.3 Å². The molecule has 4 nitrogen and oxygen atoms in total. The number of aromatic nitrogens is 1. The van der Waals surface area contributed by atoms with Crippen LogP contribution in [0.1, 0.15) is 42.8 Å². The van der Waals surface area contributed by atoms with Crippen molar-refractivity contribution in [1.82, 2.24) is 4.98 Å². The molecule has 0 atom stereocenters. The summed E-state index contributed by atoms with van der Waals surface area (Å²) in [6.45, 7) is 4.54. The van der Waals surface area contributed by atoms with E-state index >= 15 is 0 Å². The third-order valence-corrected chi connectivity index (χ3v) is 5.39. The zero-order valence-corrected chi connectivity index (χ0v) is 17.5. The van der Waals surface area contributed by atoms with Gasteiger partial charge in [-0.25, -0.2) is 4.98 Å². The molecular weight excluding hydrogens is 380 g/mol. The summed E-state index contributed by atoms with van der Waals surface area (Å²) in [4.78, 5) is 4.65. The number of nitrogens with zero attached hydrogens (tertiary/aromatic N) is 2. The number of thiazole rings is 1. The second-order valence-electron chi connectivity index (χ2n) is 6.67. The number of hydrogen-bond donors (Lipinski definition) is 1. The van der Waals surface area contributed by atoms with E-state index in [1.165, 1.54) is 29.7 Å². The van der Waals surface area contributed by atoms with Crippen LogP contribution in [-0.4, -0.2) is 16.7 Å². The van der Waals surface area contributed by atoms with Gasteiger partial charge < -0.3 is 9.84 Å². The van der Waals surface area contributed by atoms with Gasteiger partial charge in [-0.1, -0.05) is 43.7 Å². The van der Waals surface area contributed by atoms with Crippen LogP contribution in [0.2, 0.25) is 0 Å². The lowest BCUT2D eigenvalue weighted by Crippen LogP contribution is -1.91. The Balaban J connectivity index is 1.81. The van der Waals surface area contributed by atoms with Crippen molar-refractivity contribution in [3.8, 4) is 28.8 Å². The van der Waals surface area contributed by atoms with Gasteiger partial charge in [0.25, 0.3) is 0 Å². The van der Waals surface area contributed by atoms with E-state index in [0.29, 0.717) is 22.9 Å². The number of allylic oxidation sites excluding steroid dienone is 1. The Hall–Kier alpha value is -3.10. The van der Waals surface area contributed by atoms with Gasteiger partial charge >= 0.3 is 0 Å².